The minimum Gasteiger partial charge on any atom is -0.481 e. The standard InChI is InChI=1S/C11H14N4O2S/c1-6(10(16)12-2)15-9-7(13-11(15)18)4-5-8(14-9)17-3/h4-6H,1-3H3,(H,12,16)(H,13,18). The third kappa shape index (κ3) is 1.97. The van der Waals surface area contributed by atoms with Crippen LogP contribution in [0.1, 0.15) is 13.0 Å². The van der Waals surface area contributed by atoms with Crippen LogP contribution in [0.4, 0.5) is 0 Å². The molecule has 2 aromatic rings. The number of hydrogen-bond donors (Lipinski definition) is 2. The molecule has 0 aromatic carbocycles. The van der Waals surface area contributed by atoms with Crippen LogP contribution >= 0.6 is 12.2 Å². The summed E-state index contributed by atoms with van der Waals surface area (Å²) >= 11 is 5.22. The number of methoxy groups -OCH3 is 1. The minimum atomic E-state index is -0.434. The van der Waals surface area contributed by atoms with Crippen molar-refractivity contribution in [1.29, 1.82) is 0 Å². The summed E-state index contributed by atoms with van der Waals surface area (Å²) in [5, 5.41) is 2.59. The van der Waals surface area contributed by atoms with Gasteiger partial charge in [0.05, 0.1) is 12.6 Å². The van der Waals surface area contributed by atoms with Crippen molar-refractivity contribution in [2.45, 2.75) is 13.0 Å². The summed E-state index contributed by atoms with van der Waals surface area (Å²) in [4.78, 5) is 19.0. The molecule has 0 saturated carbocycles. The third-order valence-electron chi connectivity index (χ3n) is 2.76. The van der Waals surface area contributed by atoms with Gasteiger partial charge in [0.1, 0.15) is 6.04 Å². The summed E-state index contributed by atoms with van der Waals surface area (Å²) in [6.07, 6.45) is 0. The Balaban J connectivity index is 2.65. The molecule has 2 rings (SSSR count). The van der Waals surface area contributed by atoms with Crippen molar-refractivity contribution in [3.05, 3.63) is 16.9 Å². The SMILES string of the molecule is CNC(=O)C(C)n1c(=S)[nH]c2ccc(OC)nc21. The summed E-state index contributed by atoms with van der Waals surface area (Å²) in [5.41, 5.74) is 1.38. The maximum absolute atomic E-state index is 11.7. The third-order valence-corrected chi connectivity index (χ3v) is 3.06. The first-order chi connectivity index (χ1) is 8.58. The van der Waals surface area contributed by atoms with Crippen molar-refractivity contribution in [2.24, 2.45) is 0 Å². The van der Waals surface area contributed by atoms with Gasteiger partial charge in [0.25, 0.3) is 0 Å². The quantitative estimate of drug-likeness (QED) is 0.824. The zero-order valence-corrected chi connectivity index (χ0v) is 11.2. The lowest BCUT2D eigenvalue weighted by Gasteiger charge is -2.12. The van der Waals surface area contributed by atoms with E-state index in [0.717, 1.165) is 5.52 Å². The number of ether oxygens (including phenoxy) is 1. The van der Waals surface area contributed by atoms with Gasteiger partial charge in [-0.3, -0.25) is 9.36 Å². The molecule has 0 aliphatic rings. The molecular weight excluding hydrogens is 252 g/mol. The zero-order chi connectivity index (χ0) is 13.3. The van der Waals surface area contributed by atoms with Gasteiger partial charge in [-0.25, -0.2) is 0 Å². The van der Waals surface area contributed by atoms with Crippen LogP contribution < -0.4 is 10.1 Å². The van der Waals surface area contributed by atoms with Gasteiger partial charge >= 0.3 is 0 Å². The van der Waals surface area contributed by atoms with Crippen molar-refractivity contribution in [1.82, 2.24) is 19.9 Å². The van der Waals surface area contributed by atoms with Crippen LogP contribution in [-0.4, -0.2) is 34.6 Å². The molecule has 0 saturated heterocycles. The van der Waals surface area contributed by atoms with Gasteiger partial charge in [-0.2, -0.15) is 4.98 Å². The van der Waals surface area contributed by atoms with E-state index in [1.807, 2.05) is 6.07 Å². The molecule has 2 N–H and O–H groups in total. The second kappa shape index (κ2) is 4.77. The number of hydrogen-bond acceptors (Lipinski definition) is 4. The molecular formula is C11H14N4O2S. The Morgan fingerprint density at radius 1 is 1.61 bits per heavy atom. The molecule has 2 heterocycles. The minimum absolute atomic E-state index is 0.128. The van der Waals surface area contributed by atoms with E-state index in [9.17, 15) is 4.79 Å². The topological polar surface area (TPSA) is 71.9 Å². The fourth-order valence-corrected chi connectivity index (χ4v) is 2.14. The highest BCUT2D eigenvalue weighted by Crippen LogP contribution is 2.20. The van der Waals surface area contributed by atoms with Crippen LogP contribution in [0.25, 0.3) is 11.2 Å². The molecule has 7 heteroatoms. The molecule has 1 atom stereocenters. The van der Waals surface area contributed by atoms with Gasteiger partial charge in [0, 0.05) is 13.1 Å². The Bertz CT molecular complexity index is 646. The van der Waals surface area contributed by atoms with Crippen LogP contribution in [-0.2, 0) is 4.79 Å². The monoisotopic (exact) mass is 266 g/mol. The van der Waals surface area contributed by atoms with Gasteiger partial charge in [-0.1, -0.05) is 0 Å². The number of aromatic nitrogens is 3. The molecule has 0 fully saturated rings. The molecule has 0 aliphatic carbocycles. The van der Waals surface area contributed by atoms with Gasteiger partial charge in [-0.05, 0) is 25.2 Å². The van der Waals surface area contributed by atoms with E-state index in [1.165, 1.54) is 0 Å². The van der Waals surface area contributed by atoms with Crippen LogP contribution in [0.15, 0.2) is 12.1 Å². The average molecular weight is 266 g/mol. The number of pyridine rings is 1. The Hall–Kier alpha value is -1.89. The van der Waals surface area contributed by atoms with E-state index in [-0.39, 0.29) is 5.91 Å². The number of H-pyrrole nitrogens is 1. The first-order valence-corrected chi connectivity index (χ1v) is 5.86. The molecule has 0 radical (unpaired) electrons. The number of nitrogens with zero attached hydrogens (tertiary/aromatic N) is 2. The van der Waals surface area contributed by atoms with E-state index < -0.39 is 6.04 Å². The second-order valence-electron chi connectivity index (χ2n) is 3.82. The Morgan fingerprint density at radius 2 is 2.33 bits per heavy atom. The number of carbonyl (C=O) groups is 1. The number of likely N-dealkylation sites (N-methyl/N-ethyl adjacent to an activating group) is 1. The molecule has 1 unspecified atom stereocenters. The summed E-state index contributed by atoms with van der Waals surface area (Å²) in [7, 11) is 3.13. The zero-order valence-electron chi connectivity index (χ0n) is 10.4. The normalized spacial score (nSPS) is 12.4. The number of carbonyl (C=O) groups excluding carboxylic acids is 1. The van der Waals surface area contributed by atoms with Crippen molar-refractivity contribution < 1.29 is 9.53 Å². The maximum Gasteiger partial charge on any atom is 0.242 e. The highest BCUT2D eigenvalue weighted by atomic mass is 32.1. The van der Waals surface area contributed by atoms with Crippen LogP contribution in [0, 0.1) is 4.77 Å². The Labute approximate surface area is 109 Å². The van der Waals surface area contributed by atoms with E-state index in [0.29, 0.717) is 16.3 Å². The van der Waals surface area contributed by atoms with E-state index >= 15 is 0 Å². The summed E-state index contributed by atoms with van der Waals surface area (Å²) in [6, 6.07) is 3.13. The number of nitrogens with one attached hydrogen (secondary N) is 2. The predicted octanol–water partition coefficient (Wildman–Crippen LogP) is 1.41. The fourth-order valence-electron chi connectivity index (χ4n) is 1.78. The van der Waals surface area contributed by atoms with Crippen LogP contribution in [0.3, 0.4) is 0 Å². The lowest BCUT2D eigenvalue weighted by atomic mass is 10.3. The fraction of sp³-hybridized carbons (Fsp3) is 0.364. The van der Waals surface area contributed by atoms with Gasteiger partial charge in [-0.15, -0.1) is 0 Å². The highest BCUT2D eigenvalue weighted by Gasteiger charge is 2.18. The second-order valence-corrected chi connectivity index (χ2v) is 4.20. The van der Waals surface area contributed by atoms with Crippen LogP contribution in [0.2, 0.25) is 0 Å². The molecule has 2 aromatic heterocycles. The first-order valence-electron chi connectivity index (χ1n) is 5.45. The highest BCUT2D eigenvalue weighted by molar-refractivity contribution is 7.71. The van der Waals surface area contributed by atoms with E-state index in [1.54, 1.807) is 31.7 Å². The summed E-state index contributed by atoms with van der Waals surface area (Å²) in [6.45, 7) is 1.77. The van der Waals surface area contributed by atoms with Crippen molar-refractivity contribution in [3.63, 3.8) is 0 Å². The van der Waals surface area contributed by atoms with E-state index in [4.69, 9.17) is 17.0 Å². The largest absolute Gasteiger partial charge is 0.481 e. The van der Waals surface area contributed by atoms with Gasteiger partial charge in [0.15, 0.2) is 10.4 Å². The Kier molecular flexibility index (Phi) is 3.33. The smallest absolute Gasteiger partial charge is 0.242 e. The molecule has 1 amide bonds. The van der Waals surface area contributed by atoms with Crippen LogP contribution in [0.5, 0.6) is 5.88 Å². The molecule has 0 bridgehead atoms. The molecule has 96 valence electrons. The number of fused-ring (bicyclic) bond motifs is 1. The summed E-state index contributed by atoms with van der Waals surface area (Å²) < 4.78 is 7.21. The Morgan fingerprint density at radius 3 is 2.94 bits per heavy atom. The first kappa shape index (κ1) is 12.6. The number of rotatable bonds is 3. The van der Waals surface area contributed by atoms with Crippen molar-refractivity contribution >= 4 is 29.3 Å². The molecule has 0 aliphatic heterocycles. The number of amides is 1. The predicted molar refractivity (Wildman–Crippen MR) is 70.2 cm³/mol. The molecule has 6 nitrogen and oxygen atoms in total. The number of aromatic amines is 1. The van der Waals surface area contributed by atoms with Gasteiger partial charge < -0.3 is 15.0 Å². The number of imidazole rings is 1. The lowest BCUT2D eigenvalue weighted by molar-refractivity contribution is -0.123. The van der Waals surface area contributed by atoms with Crippen molar-refractivity contribution in [3.8, 4) is 5.88 Å². The van der Waals surface area contributed by atoms with E-state index in [2.05, 4.69) is 15.3 Å². The van der Waals surface area contributed by atoms with Crippen molar-refractivity contribution in [2.75, 3.05) is 14.2 Å². The summed E-state index contributed by atoms with van der Waals surface area (Å²) in [5.74, 6) is 0.353. The molecule has 0 spiro atoms. The lowest BCUT2D eigenvalue weighted by Crippen LogP contribution is -2.28. The maximum atomic E-state index is 11.7. The van der Waals surface area contributed by atoms with Gasteiger partial charge in [0.2, 0.25) is 11.8 Å². The average Bonchev–Trinajstić information content (AvgIpc) is 2.71. The molecule has 18 heavy (non-hydrogen) atoms.